The minimum atomic E-state index is 1.11. The Balaban J connectivity index is 1.57. The maximum absolute atomic E-state index is 4.49. The Hall–Kier alpha value is -1.31. The second-order valence-corrected chi connectivity index (χ2v) is 6.61. The number of hydrogen-bond acceptors (Lipinski definition) is 1. The quantitative estimate of drug-likeness (QED) is 0.447. The Kier molecular flexibility index (Phi) is 7.48. The van der Waals surface area contributed by atoms with Crippen molar-refractivity contribution < 1.29 is 0 Å². The number of fused-ring (bicyclic) bond motifs is 1. The van der Waals surface area contributed by atoms with Crippen LogP contribution in [0.25, 0.3) is 11.0 Å². The van der Waals surface area contributed by atoms with Gasteiger partial charge in [-0.05, 0) is 31.0 Å². The Bertz CT molecular complexity index is 542. The van der Waals surface area contributed by atoms with E-state index >= 15 is 0 Å². The summed E-state index contributed by atoms with van der Waals surface area (Å²) in [5.74, 6) is 0. The van der Waals surface area contributed by atoms with Crippen molar-refractivity contribution in [1.82, 2.24) is 9.55 Å². The maximum atomic E-state index is 4.49. The van der Waals surface area contributed by atoms with Crippen molar-refractivity contribution in [2.45, 2.75) is 84.6 Å². The Morgan fingerprint density at radius 3 is 2.18 bits per heavy atom. The molecule has 1 aromatic carbocycles. The third-order valence-electron chi connectivity index (χ3n) is 4.53. The lowest BCUT2D eigenvalue weighted by Gasteiger charge is -2.05. The molecule has 0 saturated carbocycles. The molecule has 2 heteroatoms. The van der Waals surface area contributed by atoms with Crippen LogP contribution in [0, 0.1) is 6.92 Å². The van der Waals surface area contributed by atoms with Gasteiger partial charge in [-0.3, -0.25) is 0 Å². The molecule has 2 rings (SSSR count). The first kappa shape index (κ1) is 17.1. The van der Waals surface area contributed by atoms with Gasteiger partial charge in [-0.2, -0.15) is 0 Å². The van der Waals surface area contributed by atoms with Crippen molar-refractivity contribution in [3.63, 3.8) is 0 Å². The fourth-order valence-electron chi connectivity index (χ4n) is 3.11. The van der Waals surface area contributed by atoms with Crippen LogP contribution < -0.4 is 0 Å². The molecule has 1 heterocycles. The summed E-state index contributed by atoms with van der Waals surface area (Å²) in [6.45, 7) is 5.54. The molecule has 0 amide bonds. The van der Waals surface area contributed by atoms with E-state index in [0.29, 0.717) is 0 Å². The normalized spacial score (nSPS) is 11.4. The number of aryl methyl sites for hydroxylation is 2. The first-order valence-electron chi connectivity index (χ1n) is 9.22. The van der Waals surface area contributed by atoms with Crippen LogP contribution in [-0.2, 0) is 6.54 Å². The second-order valence-electron chi connectivity index (χ2n) is 6.61. The number of rotatable bonds is 11. The van der Waals surface area contributed by atoms with Gasteiger partial charge in [0.1, 0.15) is 0 Å². The molecule has 0 atom stereocenters. The highest BCUT2D eigenvalue weighted by atomic mass is 15.0. The molecule has 0 aliphatic carbocycles. The zero-order valence-electron chi connectivity index (χ0n) is 14.5. The largest absolute Gasteiger partial charge is 0.331 e. The van der Waals surface area contributed by atoms with Crippen LogP contribution >= 0.6 is 0 Å². The van der Waals surface area contributed by atoms with Crippen LogP contribution in [0.5, 0.6) is 0 Å². The van der Waals surface area contributed by atoms with Gasteiger partial charge in [-0.25, -0.2) is 4.98 Å². The molecule has 0 aliphatic rings. The van der Waals surface area contributed by atoms with Crippen LogP contribution in [0.4, 0.5) is 0 Å². The average molecular weight is 300 g/mol. The maximum Gasteiger partial charge on any atom is 0.0958 e. The van der Waals surface area contributed by atoms with Gasteiger partial charge in [-0.15, -0.1) is 0 Å². The summed E-state index contributed by atoms with van der Waals surface area (Å²) in [5, 5.41) is 0. The fourth-order valence-corrected chi connectivity index (χ4v) is 3.11. The zero-order chi connectivity index (χ0) is 15.6. The molecule has 22 heavy (non-hydrogen) atoms. The van der Waals surface area contributed by atoms with E-state index in [0.717, 1.165) is 12.1 Å². The molecule has 0 radical (unpaired) electrons. The minimum absolute atomic E-state index is 1.11. The highest BCUT2D eigenvalue weighted by molar-refractivity contribution is 5.75. The van der Waals surface area contributed by atoms with Gasteiger partial charge in [0, 0.05) is 6.54 Å². The van der Waals surface area contributed by atoms with Gasteiger partial charge < -0.3 is 4.57 Å². The summed E-state index contributed by atoms with van der Waals surface area (Å²) in [6, 6.07) is 6.51. The van der Waals surface area contributed by atoms with Crippen molar-refractivity contribution in [3.8, 4) is 0 Å². The monoisotopic (exact) mass is 300 g/mol. The molecule has 0 saturated heterocycles. The van der Waals surface area contributed by atoms with E-state index < -0.39 is 0 Å². The van der Waals surface area contributed by atoms with E-state index in [1.54, 1.807) is 0 Å². The molecular weight excluding hydrogens is 268 g/mol. The summed E-state index contributed by atoms with van der Waals surface area (Å²) >= 11 is 0. The van der Waals surface area contributed by atoms with Gasteiger partial charge in [0.15, 0.2) is 0 Å². The molecule has 2 aromatic rings. The summed E-state index contributed by atoms with van der Waals surface area (Å²) in [6.07, 6.45) is 15.9. The molecule has 0 spiro atoms. The smallest absolute Gasteiger partial charge is 0.0958 e. The van der Waals surface area contributed by atoms with Crippen molar-refractivity contribution in [1.29, 1.82) is 0 Å². The molecule has 0 bridgehead atoms. The van der Waals surface area contributed by atoms with Crippen molar-refractivity contribution >= 4 is 11.0 Å². The van der Waals surface area contributed by atoms with Crippen LogP contribution in [0.1, 0.15) is 76.7 Å². The van der Waals surface area contributed by atoms with Crippen molar-refractivity contribution in [3.05, 3.63) is 30.1 Å². The van der Waals surface area contributed by atoms with Gasteiger partial charge in [0.05, 0.1) is 17.4 Å². The second kappa shape index (κ2) is 9.66. The molecule has 0 N–H and O–H groups in total. The topological polar surface area (TPSA) is 17.8 Å². The molecule has 0 fully saturated rings. The fraction of sp³-hybridized carbons (Fsp3) is 0.650. The summed E-state index contributed by atoms with van der Waals surface area (Å²) in [5.41, 5.74) is 3.73. The number of benzene rings is 1. The highest BCUT2D eigenvalue weighted by Gasteiger charge is 2.02. The van der Waals surface area contributed by atoms with E-state index in [-0.39, 0.29) is 0 Å². The Morgan fingerprint density at radius 2 is 1.50 bits per heavy atom. The van der Waals surface area contributed by atoms with Gasteiger partial charge in [-0.1, -0.05) is 70.8 Å². The Morgan fingerprint density at radius 1 is 0.864 bits per heavy atom. The van der Waals surface area contributed by atoms with Crippen LogP contribution in [0.15, 0.2) is 24.5 Å². The van der Waals surface area contributed by atoms with E-state index in [2.05, 4.69) is 41.6 Å². The first-order valence-corrected chi connectivity index (χ1v) is 9.22. The van der Waals surface area contributed by atoms with Crippen molar-refractivity contribution in [2.24, 2.45) is 0 Å². The Labute approximate surface area is 135 Å². The lowest BCUT2D eigenvalue weighted by atomic mass is 10.1. The molecule has 2 nitrogen and oxygen atoms in total. The molecule has 0 aliphatic heterocycles. The molecule has 1 aromatic heterocycles. The summed E-state index contributed by atoms with van der Waals surface area (Å²) in [7, 11) is 0. The number of nitrogens with zero attached hydrogens (tertiary/aromatic N) is 2. The van der Waals surface area contributed by atoms with E-state index in [9.17, 15) is 0 Å². The predicted molar refractivity (Wildman–Crippen MR) is 96.3 cm³/mol. The molecule has 0 unspecified atom stereocenters. The van der Waals surface area contributed by atoms with Gasteiger partial charge >= 0.3 is 0 Å². The lowest BCUT2D eigenvalue weighted by molar-refractivity contribution is 0.538. The van der Waals surface area contributed by atoms with E-state index in [1.165, 1.54) is 75.3 Å². The SMILES string of the molecule is CCCCCCCCCCCCn1cnc2ccc(C)cc21. The highest BCUT2D eigenvalue weighted by Crippen LogP contribution is 2.16. The zero-order valence-corrected chi connectivity index (χ0v) is 14.5. The number of aromatic nitrogens is 2. The summed E-state index contributed by atoms with van der Waals surface area (Å²) in [4.78, 5) is 4.49. The van der Waals surface area contributed by atoms with E-state index in [1.807, 2.05) is 6.33 Å². The van der Waals surface area contributed by atoms with Crippen LogP contribution in [0.3, 0.4) is 0 Å². The standard InChI is InChI=1S/C20H32N2/c1-3-4-5-6-7-8-9-10-11-12-15-22-17-21-19-14-13-18(2)16-20(19)22/h13-14,16-17H,3-12,15H2,1-2H3. The molecular formula is C20H32N2. The number of imidazole rings is 1. The third-order valence-corrected chi connectivity index (χ3v) is 4.53. The lowest BCUT2D eigenvalue weighted by Crippen LogP contribution is -1.96. The average Bonchev–Trinajstić information content (AvgIpc) is 2.91. The summed E-state index contributed by atoms with van der Waals surface area (Å²) < 4.78 is 2.31. The van der Waals surface area contributed by atoms with Crippen LogP contribution in [-0.4, -0.2) is 9.55 Å². The predicted octanol–water partition coefficient (Wildman–Crippen LogP) is 6.27. The number of unbranched alkanes of at least 4 members (excludes halogenated alkanes) is 9. The first-order chi connectivity index (χ1) is 10.8. The van der Waals surface area contributed by atoms with Crippen LogP contribution in [0.2, 0.25) is 0 Å². The molecule has 122 valence electrons. The van der Waals surface area contributed by atoms with Crippen molar-refractivity contribution in [2.75, 3.05) is 0 Å². The van der Waals surface area contributed by atoms with E-state index in [4.69, 9.17) is 0 Å². The van der Waals surface area contributed by atoms with Gasteiger partial charge in [0.25, 0.3) is 0 Å². The number of hydrogen-bond donors (Lipinski definition) is 0. The third kappa shape index (κ3) is 5.47. The van der Waals surface area contributed by atoms with Gasteiger partial charge in [0.2, 0.25) is 0 Å². The minimum Gasteiger partial charge on any atom is -0.331 e.